The molecule has 0 fully saturated rings. The van der Waals surface area contributed by atoms with Gasteiger partial charge in [0.05, 0.1) is 24.5 Å². The zero-order valence-electron chi connectivity index (χ0n) is 18.5. The van der Waals surface area contributed by atoms with Gasteiger partial charge in [-0.15, -0.1) is 0 Å². The van der Waals surface area contributed by atoms with Gasteiger partial charge >= 0.3 is 0 Å². The number of rotatable bonds is 4. The molecule has 8 nitrogen and oxygen atoms in total. The van der Waals surface area contributed by atoms with Crippen molar-refractivity contribution >= 4 is 22.3 Å². The third kappa shape index (κ3) is 3.68. The molecule has 4 heterocycles. The number of H-pyrrole nitrogens is 2. The molecule has 0 amide bonds. The van der Waals surface area contributed by atoms with Crippen LogP contribution >= 0.6 is 0 Å². The second-order valence-corrected chi connectivity index (χ2v) is 8.04. The van der Waals surface area contributed by atoms with Crippen molar-refractivity contribution in [2.75, 3.05) is 12.4 Å². The lowest BCUT2D eigenvalue weighted by molar-refractivity contribution is 0.413. The van der Waals surface area contributed by atoms with Crippen LogP contribution in [0, 0.1) is 5.82 Å². The number of allylic oxidation sites excluding steroid dienone is 2. The molecule has 3 aromatic heterocycles. The molecule has 1 aliphatic heterocycles. The summed E-state index contributed by atoms with van der Waals surface area (Å²) >= 11 is 0. The molecule has 0 saturated heterocycles. The van der Waals surface area contributed by atoms with Crippen LogP contribution in [0.15, 0.2) is 73.2 Å². The number of aromatic hydroxyl groups is 1. The lowest BCUT2D eigenvalue weighted by atomic mass is 10.0. The predicted octanol–water partition coefficient (Wildman–Crippen LogP) is 5.24. The summed E-state index contributed by atoms with van der Waals surface area (Å²) < 4.78 is 19.3. The quantitative estimate of drug-likeness (QED) is 0.288. The van der Waals surface area contributed by atoms with Crippen LogP contribution in [-0.4, -0.2) is 37.4 Å². The first-order valence-corrected chi connectivity index (χ1v) is 10.8. The molecule has 9 heteroatoms. The summed E-state index contributed by atoms with van der Waals surface area (Å²) in [4.78, 5) is 12.3. The highest BCUT2D eigenvalue weighted by Gasteiger charge is 2.21. The fraction of sp³-hybridized carbons (Fsp3) is 0.0385. The number of fused-ring (bicyclic) bond motifs is 2. The van der Waals surface area contributed by atoms with Gasteiger partial charge in [0.25, 0.3) is 0 Å². The second kappa shape index (κ2) is 8.14. The number of halogens is 1. The van der Waals surface area contributed by atoms with E-state index in [0.29, 0.717) is 39.9 Å². The Hall–Kier alpha value is -4.92. The number of phenolic OH excluding ortho intramolecular Hbond substituents is 1. The van der Waals surface area contributed by atoms with Crippen molar-refractivity contribution in [3.05, 3.63) is 90.3 Å². The van der Waals surface area contributed by atoms with Crippen molar-refractivity contribution in [3.63, 3.8) is 0 Å². The average molecular weight is 466 g/mol. The summed E-state index contributed by atoms with van der Waals surface area (Å²) in [7, 11) is 1.61. The Bertz CT molecular complexity index is 1630. The van der Waals surface area contributed by atoms with Crippen molar-refractivity contribution in [1.29, 1.82) is 0 Å². The van der Waals surface area contributed by atoms with E-state index in [0.717, 1.165) is 28.1 Å². The van der Waals surface area contributed by atoms with Crippen LogP contribution in [0.4, 0.5) is 10.2 Å². The Labute approximate surface area is 198 Å². The van der Waals surface area contributed by atoms with Crippen LogP contribution < -0.4 is 10.1 Å². The Balaban J connectivity index is 1.46. The molecular formula is C26H19FN6O2. The average Bonchev–Trinajstić information content (AvgIpc) is 3.42. The van der Waals surface area contributed by atoms with E-state index in [-0.39, 0.29) is 5.75 Å². The van der Waals surface area contributed by atoms with E-state index in [2.05, 4.69) is 25.5 Å². The van der Waals surface area contributed by atoms with Gasteiger partial charge in [-0.1, -0.05) is 12.1 Å². The van der Waals surface area contributed by atoms with Gasteiger partial charge < -0.3 is 20.1 Å². The SMILES string of the molecule is COc1cncc(-c2ccc3[nH]nc(-c4nc5c([nH]4)C(c4cc(O)cc(F)c4)=CC=CN5)c3c2)c1. The van der Waals surface area contributed by atoms with Crippen LogP contribution in [0.1, 0.15) is 11.3 Å². The normalized spacial score (nSPS) is 12.7. The maximum atomic E-state index is 14.0. The number of nitrogens with one attached hydrogen (secondary N) is 3. The number of nitrogens with zero attached hydrogens (tertiary/aromatic N) is 3. The molecular weight excluding hydrogens is 447 g/mol. The maximum absolute atomic E-state index is 14.0. The molecule has 0 atom stereocenters. The number of methoxy groups -OCH3 is 1. The van der Waals surface area contributed by atoms with Gasteiger partial charge in [-0.3, -0.25) is 10.1 Å². The number of hydrogen-bond acceptors (Lipinski definition) is 6. The van der Waals surface area contributed by atoms with E-state index in [1.165, 1.54) is 12.1 Å². The summed E-state index contributed by atoms with van der Waals surface area (Å²) in [5, 5.41) is 21.5. The minimum atomic E-state index is -0.527. The second-order valence-electron chi connectivity index (χ2n) is 8.04. The van der Waals surface area contributed by atoms with Gasteiger partial charge in [0.1, 0.15) is 23.0 Å². The molecule has 6 rings (SSSR count). The summed E-state index contributed by atoms with van der Waals surface area (Å²) in [6, 6.07) is 11.8. The molecule has 0 saturated carbocycles. The zero-order valence-corrected chi connectivity index (χ0v) is 18.5. The van der Waals surface area contributed by atoms with Gasteiger partial charge in [-0.2, -0.15) is 5.10 Å². The number of anilines is 1. The van der Waals surface area contributed by atoms with E-state index in [9.17, 15) is 9.50 Å². The largest absolute Gasteiger partial charge is 0.508 e. The molecule has 2 aromatic carbocycles. The highest BCUT2D eigenvalue weighted by molar-refractivity contribution is 5.95. The molecule has 5 aromatic rings. The molecule has 35 heavy (non-hydrogen) atoms. The lowest BCUT2D eigenvalue weighted by Gasteiger charge is -2.07. The third-order valence-electron chi connectivity index (χ3n) is 5.82. The number of benzene rings is 2. The summed E-state index contributed by atoms with van der Waals surface area (Å²) in [6.07, 6.45) is 8.80. The molecule has 0 unspecified atom stereocenters. The molecule has 0 radical (unpaired) electrons. The summed E-state index contributed by atoms with van der Waals surface area (Å²) in [5.74, 6) is 1.10. The van der Waals surface area contributed by atoms with Crippen molar-refractivity contribution < 1.29 is 14.2 Å². The maximum Gasteiger partial charge on any atom is 0.161 e. The number of pyridine rings is 1. The first-order valence-electron chi connectivity index (χ1n) is 10.8. The Morgan fingerprint density at radius 2 is 1.91 bits per heavy atom. The number of phenols is 1. The van der Waals surface area contributed by atoms with Crippen molar-refractivity contribution in [3.8, 4) is 34.1 Å². The van der Waals surface area contributed by atoms with E-state index in [4.69, 9.17) is 9.72 Å². The summed E-state index contributed by atoms with van der Waals surface area (Å²) in [5.41, 5.74) is 5.21. The van der Waals surface area contributed by atoms with E-state index in [1.807, 2.05) is 30.3 Å². The Morgan fingerprint density at radius 1 is 1.00 bits per heavy atom. The topological polar surface area (TPSA) is 112 Å². The number of ether oxygens (including phenoxy) is 1. The fourth-order valence-corrected chi connectivity index (χ4v) is 4.17. The standard InChI is InChI=1S/C26H19FN6O2/c1-35-19-9-16(12-28-13-19)14-4-5-22-21(10-14)24(33-32-22)26-30-23-20(3-2-6-29-25(23)31-26)15-7-17(27)11-18(34)8-15/h2-13,29,34H,1H3,(H,30,31)(H,32,33). The van der Waals surface area contributed by atoms with Crippen LogP contribution in [0.25, 0.3) is 39.1 Å². The predicted molar refractivity (Wildman–Crippen MR) is 131 cm³/mol. The number of hydrogen-bond donors (Lipinski definition) is 4. The van der Waals surface area contributed by atoms with E-state index < -0.39 is 5.82 Å². The highest BCUT2D eigenvalue weighted by atomic mass is 19.1. The zero-order chi connectivity index (χ0) is 23.9. The number of aromatic nitrogens is 5. The van der Waals surface area contributed by atoms with Gasteiger partial charge in [0, 0.05) is 35.0 Å². The molecule has 0 aliphatic carbocycles. The minimum absolute atomic E-state index is 0.152. The highest BCUT2D eigenvalue weighted by Crippen LogP contribution is 2.36. The first kappa shape index (κ1) is 20.7. The molecule has 4 N–H and O–H groups in total. The Morgan fingerprint density at radius 3 is 2.77 bits per heavy atom. The number of aromatic amines is 2. The van der Waals surface area contributed by atoms with Crippen LogP contribution in [0.5, 0.6) is 11.5 Å². The van der Waals surface area contributed by atoms with E-state index >= 15 is 0 Å². The van der Waals surface area contributed by atoms with Crippen molar-refractivity contribution in [2.24, 2.45) is 0 Å². The summed E-state index contributed by atoms with van der Waals surface area (Å²) in [6.45, 7) is 0. The van der Waals surface area contributed by atoms with Gasteiger partial charge in [0.2, 0.25) is 0 Å². The minimum Gasteiger partial charge on any atom is -0.508 e. The lowest BCUT2D eigenvalue weighted by Crippen LogP contribution is -1.93. The third-order valence-corrected chi connectivity index (χ3v) is 5.82. The molecule has 1 aliphatic rings. The van der Waals surface area contributed by atoms with Crippen LogP contribution in [0.3, 0.4) is 0 Å². The van der Waals surface area contributed by atoms with Crippen molar-refractivity contribution in [1.82, 2.24) is 25.1 Å². The molecule has 0 spiro atoms. The fourth-order valence-electron chi connectivity index (χ4n) is 4.17. The monoisotopic (exact) mass is 466 g/mol. The smallest absolute Gasteiger partial charge is 0.161 e. The van der Waals surface area contributed by atoms with Gasteiger partial charge in [-0.25, -0.2) is 9.37 Å². The van der Waals surface area contributed by atoms with Crippen molar-refractivity contribution in [2.45, 2.75) is 0 Å². The van der Waals surface area contributed by atoms with Gasteiger partial charge in [-0.05, 0) is 47.5 Å². The van der Waals surface area contributed by atoms with Crippen LogP contribution in [0.2, 0.25) is 0 Å². The van der Waals surface area contributed by atoms with E-state index in [1.54, 1.807) is 31.8 Å². The van der Waals surface area contributed by atoms with Crippen LogP contribution in [-0.2, 0) is 0 Å². The van der Waals surface area contributed by atoms with Gasteiger partial charge in [0.15, 0.2) is 11.6 Å². The molecule has 0 bridgehead atoms. The number of imidazole rings is 1. The Kier molecular flexibility index (Phi) is 4.81. The molecule has 172 valence electrons. The first-order chi connectivity index (χ1) is 17.1.